The molecule has 4 heteroatoms. The van der Waals surface area contributed by atoms with E-state index in [1.54, 1.807) is 0 Å². The maximum Gasteiger partial charge on any atom is 0.163 e. The molecule has 0 spiro atoms. The van der Waals surface area contributed by atoms with Gasteiger partial charge in [0, 0.05) is 0 Å². The van der Waals surface area contributed by atoms with Crippen LogP contribution in [0.4, 0.5) is 0 Å². The van der Waals surface area contributed by atoms with Gasteiger partial charge in [-0.25, -0.2) is 0 Å². The van der Waals surface area contributed by atoms with Gasteiger partial charge >= 0.3 is 0 Å². The third-order valence-electron chi connectivity index (χ3n) is 5.13. The predicted molar refractivity (Wildman–Crippen MR) is 110 cm³/mol. The summed E-state index contributed by atoms with van der Waals surface area (Å²) in [5, 5.41) is 15.6. The quantitative estimate of drug-likeness (QED) is 0.709. The van der Waals surface area contributed by atoms with Crippen molar-refractivity contribution >= 4 is 10.8 Å². The number of hydrogen-bond donors (Lipinski definition) is 1. The highest BCUT2D eigenvalue weighted by molar-refractivity contribution is 5.83. The van der Waals surface area contributed by atoms with Crippen molar-refractivity contribution in [1.29, 1.82) is 5.26 Å². The predicted octanol–water partition coefficient (Wildman–Crippen LogP) is 4.89. The van der Waals surface area contributed by atoms with Gasteiger partial charge in [-0.15, -0.1) is 0 Å². The second-order valence-electron chi connectivity index (χ2n) is 7.60. The Morgan fingerprint density at radius 1 is 1.00 bits per heavy atom. The Balaban J connectivity index is 1.61. The summed E-state index contributed by atoms with van der Waals surface area (Å²) in [6.07, 6.45) is -0.193. The van der Waals surface area contributed by atoms with Crippen LogP contribution >= 0.6 is 0 Å². The summed E-state index contributed by atoms with van der Waals surface area (Å²) < 4.78 is 12.1. The highest BCUT2D eigenvalue weighted by Crippen LogP contribution is 2.34. The summed E-state index contributed by atoms with van der Waals surface area (Å²) in [6, 6.07) is 26.2. The van der Waals surface area contributed by atoms with Crippen LogP contribution in [0.15, 0.2) is 72.8 Å². The molecule has 0 bridgehead atoms. The lowest BCUT2D eigenvalue weighted by atomic mass is 9.97. The average Bonchev–Trinajstić information content (AvgIpc) is 2.73. The molecule has 1 aliphatic rings. The monoisotopic (exact) mass is 372 g/mol. The largest absolute Gasteiger partial charge is 0.349 e. The second kappa shape index (κ2) is 7.73. The molecule has 0 aromatic heterocycles. The Morgan fingerprint density at radius 2 is 1.71 bits per heavy atom. The Kier molecular flexibility index (Phi) is 5.15. The molecule has 4 nitrogen and oxygen atoms in total. The highest BCUT2D eigenvalue weighted by Gasteiger charge is 2.38. The van der Waals surface area contributed by atoms with Crippen LogP contribution in [0.5, 0.6) is 0 Å². The molecule has 1 fully saturated rings. The van der Waals surface area contributed by atoms with Crippen molar-refractivity contribution in [1.82, 2.24) is 5.32 Å². The number of rotatable bonds is 4. The van der Waals surface area contributed by atoms with Gasteiger partial charge < -0.3 is 9.47 Å². The fourth-order valence-corrected chi connectivity index (χ4v) is 3.69. The Hall–Kier alpha value is -2.71. The number of ether oxygens (including phenoxy) is 2. The molecular formula is C24H24N2O2. The van der Waals surface area contributed by atoms with E-state index in [1.165, 1.54) is 0 Å². The lowest BCUT2D eigenvalue weighted by Gasteiger charge is -2.42. The van der Waals surface area contributed by atoms with Gasteiger partial charge in [-0.3, -0.25) is 5.32 Å². The van der Waals surface area contributed by atoms with Crippen molar-refractivity contribution in [3.8, 4) is 6.07 Å². The van der Waals surface area contributed by atoms with Crippen molar-refractivity contribution in [2.24, 2.45) is 0 Å². The van der Waals surface area contributed by atoms with Crippen molar-refractivity contribution in [2.45, 2.75) is 37.8 Å². The molecular weight excluding hydrogens is 348 g/mol. The minimum Gasteiger partial charge on any atom is -0.349 e. The van der Waals surface area contributed by atoms with Crippen molar-refractivity contribution in [2.75, 3.05) is 6.61 Å². The number of fused-ring (bicyclic) bond motifs is 1. The third-order valence-corrected chi connectivity index (χ3v) is 5.13. The van der Waals surface area contributed by atoms with Crippen molar-refractivity contribution in [3.05, 3.63) is 83.9 Å². The molecule has 3 atom stereocenters. The van der Waals surface area contributed by atoms with Gasteiger partial charge in [0.1, 0.15) is 12.1 Å². The maximum absolute atomic E-state index is 9.85. The summed E-state index contributed by atoms with van der Waals surface area (Å²) in [5.74, 6) is -0.663. The highest BCUT2D eigenvalue weighted by atomic mass is 16.7. The molecule has 1 aliphatic heterocycles. The minimum atomic E-state index is -0.663. The first-order valence-electron chi connectivity index (χ1n) is 9.57. The molecule has 3 aromatic rings. The number of hydrogen-bond acceptors (Lipinski definition) is 4. The van der Waals surface area contributed by atoms with Crippen molar-refractivity contribution < 1.29 is 9.47 Å². The zero-order chi connectivity index (χ0) is 19.6. The van der Waals surface area contributed by atoms with Gasteiger partial charge in [0.15, 0.2) is 5.79 Å². The Bertz CT molecular complexity index is 994. The molecule has 1 saturated heterocycles. The molecule has 0 amide bonds. The van der Waals surface area contributed by atoms with Crippen LogP contribution in [0.2, 0.25) is 0 Å². The molecule has 142 valence electrons. The Labute approximate surface area is 165 Å². The van der Waals surface area contributed by atoms with Gasteiger partial charge in [0.25, 0.3) is 0 Å². The standard InChI is InChI=1S/C24H24N2O2/c1-24(2)27-16-22(23(28-24)18-9-4-3-5-10-18)26-21(15-25)20-13-12-17-8-6-7-11-19(17)14-20/h3-14,21-23,26H,16H2,1-2H3/t21-,22+,23+/m1/s1. The van der Waals surface area contributed by atoms with Crippen LogP contribution in [0.3, 0.4) is 0 Å². The fourth-order valence-electron chi connectivity index (χ4n) is 3.69. The van der Waals surface area contributed by atoms with Crippen LogP contribution in [-0.2, 0) is 9.47 Å². The first kappa shape index (κ1) is 18.6. The third kappa shape index (κ3) is 3.93. The summed E-state index contributed by atoms with van der Waals surface area (Å²) in [4.78, 5) is 0. The van der Waals surface area contributed by atoms with E-state index in [4.69, 9.17) is 9.47 Å². The molecule has 0 aliphatic carbocycles. The van der Waals surface area contributed by atoms with Gasteiger partial charge in [-0.2, -0.15) is 5.26 Å². The van der Waals surface area contributed by atoms with Crippen LogP contribution in [-0.4, -0.2) is 18.4 Å². The lowest BCUT2D eigenvalue weighted by molar-refractivity contribution is -0.285. The number of nitriles is 1. The maximum atomic E-state index is 9.85. The first-order chi connectivity index (χ1) is 13.6. The zero-order valence-corrected chi connectivity index (χ0v) is 16.1. The number of benzene rings is 3. The summed E-state index contributed by atoms with van der Waals surface area (Å²) in [6.45, 7) is 4.31. The SMILES string of the molecule is CC1(C)OC[C@H](N[C@H](C#N)c2ccc3ccccc3c2)[C@H](c2ccccc2)O1. The lowest BCUT2D eigenvalue weighted by Crippen LogP contribution is -2.51. The average molecular weight is 372 g/mol. The van der Waals surface area contributed by atoms with Gasteiger partial charge in [0.2, 0.25) is 0 Å². The molecule has 0 unspecified atom stereocenters. The van der Waals surface area contributed by atoms with E-state index in [0.717, 1.165) is 21.9 Å². The van der Waals surface area contributed by atoms with Crippen LogP contribution < -0.4 is 5.32 Å². The van der Waals surface area contributed by atoms with Crippen LogP contribution in [0.25, 0.3) is 10.8 Å². The molecule has 1 heterocycles. The fraction of sp³-hybridized carbons (Fsp3) is 0.292. The normalized spacial score (nSPS) is 22.5. The van der Waals surface area contributed by atoms with Gasteiger partial charge in [-0.05, 0) is 41.8 Å². The van der Waals surface area contributed by atoms with E-state index in [0.29, 0.717) is 6.61 Å². The minimum absolute atomic E-state index is 0.133. The van der Waals surface area contributed by atoms with Crippen molar-refractivity contribution in [3.63, 3.8) is 0 Å². The smallest absolute Gasteiger partial charge is 0.163 e. The van der Waals surface area contributed by atoms with Crippen LogP contribution in [0.1, 0.15) is 37.1 Å². The summed E-state index contributed by atoms with van der Waals surface area (Å²) in [7, 11) is 0. The molecule has 28 heavy (non-hydrogen) atoms. The van der Waals surface area contributed by atoms with E-state index in [9.17, 15) is 5.26 Å². The zero-order valence-electron chi connectivity index (χ0n) is 16.1. The topological polar surface area (TPSA) is 54.3 Å². The second-order valence-corrected chi connectivity index (χ2v) is 7.60. The van der Waals surface area contributed by atoms with E-state index in [1.807, 2.05) is 50.2 Å². The molecule has 3 aromatic carbocycles. The number of nitrogens with one attached hydrogen (secondary N) is 1. The molecule has 0 saturated carbocycles. The van der Waals surface area contributed by atoms with Gasteiger partial charge in [-0.1, -0.05) is 66.7 Å². The van der Waals surface area contributed by atoms with Crippen LogP contribution in [0, 0.1) is 11.3 Å². The molecule has 0 radical (unpaired) electrons. The first-order valence-corrected chi connectivity index (χ1v) is 9.57. The van der Waals surface area contributed by atoms with E-state index in [-0.39, 0.29) is 12.1 Å². The number of nitrogens with zero attached hydrogens (tertiary/aromatic N) is 1. The molecule has 1 N–H and O–H groups in total. The summed E-state index contributed by atoms with van der Waals surface area (Å²) >= 11 is 0. The Morgan fingerprint density at radius 3 is 2.46 bits per heavy atom. The van der Waals surface area contributed by atoms with E-state index >= 15 is 0 Å². The van der Waals surface area contributed by atoms with Gasteiger partial charge in [0.05, 0.1) is 18.7 Å². The summed E-state index contributed by atoms with van der Waals surface area (Å²) in [5.41, 5.74) is 2.02. The van der Waals surface area contributed by atoms with E-state index in [2.05, 4.69) is 47.8 Å². The molecule has 4 rings (SSSR count). The van der Waals surface area contributed by atoms with E-state index < -0.39 is 11.8 Å².